The van der Waals surface area contributed by atoms with Crippen LogP contribution < -0.4 is 5.32 Å². The fourth-order valence-electron chi connectivity index (χ4n) is 3.88. The van der Waals surface area contributed by atoms with E-state index in [0.29, 0.717) is 24.6 Å². The zero-order valence-corrected chi connectivity index (χ0v) is 19.1. The summed E-state index contributed by atoms with van der Waals surface area (Å²) >= 11 is 1.32. The van der Waals surface area contributed by atoms with Crippen molar-refractivity contribution in [3.05, 3.63) is 42.2 Å². The fourth-order valence-corrected chi connectivity index (χ4v) is 4.53. The van der Waals surface area contributed by atoms with Gasteiger partial charge in [-0.05, 0) is 29.9 Å². The van der Waals surface area contributed by atoms with E-state index < -0.39 is 0 Å². The number of ether oxygens (including phenoxy) is 1. The van der Waals surface area contributed by atoms with Crippen LogP contribution in [0.4, 0.5) is 15.6 Å². The lowest BCUT2D eigenvalue weighted by Gasteiger charge is -2.31. The van der Waals surface area contributed by atoms with Gasteiger partial charge in [0.1, 0.15) is 11.6 Å². The molecular weight excluding hydrogens is 428 g/mol. The van der Waals surface area contributed by atoms with Crippen molar-refractivity contribution in [2.45, 2.75) is 40.3 Å². The van der Waals surface area contributed by atoms with Gasteiger partial charge in [-0.3, -0.25) is 14.4 Å². The van der Waals surface area contributed by atoms with Crippen LogP contribution in [0.15, 0.2) is 30.9 Å². The van der Waals surface area contributed by atoms with Gasteiger partial charge in [0.25, 0.3) is 0 Å². The second-order valence-electron chi connectivity index (χ2n) is 8.95. The number of aromatic nitrogens is 6. The number of carbonyl (C=O) groups is 1. The molecule has 166 valence electrons. The number of hydrogen-bond acceptors (Lipinski definition) is 8. The zero-order valence-electron chi connectivity index (χ0n) is 18.3. The number of aromatic amines is 1. The van der Waals surface area contributed by atoms with E-state index in [1.807, 2.05) is 29.8 Å². The minimum atomic E-state index is -0.293. The van der Waals surface area contributed by atoms with Crippen molar-refractivity contribution >= 4 is 34.1 Å². The van der Waals surface area contributed by atoms with Crippen LogP contribution in [0.1, 0.15) is 32.2 Å². The van der Waals surface area contributed by atoms with Crippen LogP contribution in [0.2, 0.25) is 0 Å². The van der Waals surface area contributed by atoms with Gasteiger partial charge < -0.3 is 10.1 Å². The Hall–Kier alpha value is -3.47. The van der Waals surface area contributed by atoms with E-state index in [0.717, 1.165) is 27.6 Å². The molecule has 0 saturated carbocycles. The Balaban J connectivity index is 1.40. The van der Waals surface area contributed by atoms with Crippen LogP contribution in [0.3, 0.4) is 0 Å². The van der Waals surface area contributed by atoms with Crippen molar-refractivity contribution in [3.8, 4) is 11.3 Å². The summed E-state index contributed by atoms with van der Waals surface area (Å²) in [6, 6.07) is 1.95. The molecule has 2 N–H and O–H groups in total. The predicted molar refractivity (Wildman–Crippen MR) is 121 cm³/mol. The van der Waals surface area contributed by atoms with E-state index in [1.165, 1.54) is 11.5 Å². The molecule has 1 fully saturated rings. The number of carbonyl (C=O) groups excluding carboxylic acids is 1. The van der Waals surface area contributed by atoms with Gasteiger partial charge in [0.2, 0.25) is 0 Å². The lowest BCUT2D eigenvalue weighted by molar-refractivity contribution is 0.145. The molecule has 1 amide bonds. The molecule has 11 heteroatoms. The quantitative estimate of drug-likeness (QED) is 0.470. The van der Waals surface area contributed by atoms with Gasteiger partial charge in [-0.2, -0.15) is 9.47 Å². The molecule has 0 aromatic carbocycles. The van der Waals surface area contributed by atoms with Gasteiger partial charge in [-0.1, -0.05) is 20.8 Å². The van der Waals surface area contributed by atoms with Crippen LogP contribution in [-0.4, -0.2) is 52.6 Å². The largest absolute Gasteiger partial charge is 0.447 e. The summed E-state index contributed by atoms with van der Waals surface area (Å²) in [6.45, 7) is 9.08. The van der Waals surface area contributed by atoms with Crippen LogP contribution in [0.5, 0.6) is 0 Å². The number of hydrogen-bond donors (Lipinski definition) is 2. The number of imidazole rings is 1. The summed E-state index contributed by atoms with van der Waals surface area (Å²) in [4.78, 5) is 23.2. The smallest absolute Gasteiger partial charge is 0.410 e. The van der Waals surface area contributed by atoms with E-state index in [9.17, 15) is 4.79 Å². The molecule has 32 heavy (non-hydrogen) atoms. The molecule has 4 aromatic heterocycles. The maximum absolute atomic E-state index is 12.3. The third kappa shape index (κ3) is 3.68. The first kappa shape index (κ1) is 20.4. The number of anilines is 2. The molecule has 1 aliphatic rings. The highest BCUT2D eigenvalue weighted by Gasteiger charge is 2.40. The Kier molecular flexibility index (Phi) is 4.85. The standard InChI is InChI=1S/C21H24N8O2S/c1-12-9-28-15(13-6-23-24-7-13)8-22-19(28)18(25-12)26-17-5-14(27-32-17)10-29-16(21(2,3)4)11-31-20(29)30/h5-9,16H,10-11H2,1-4H3,(H,23,24)(H,25,26)/t16-/m0/s1. The highest BCUT2D eigenvalue weighted by atomic mass is 32.1. The maximum atomic E-state index is 12.3. The van der Waals surface area contributed by atoms with E-state index in [-0.39, 0.29) is 17.6 Å². The molecule has 1 saturated heterocycles. The number of H-pyrrole nitrogens is 1. The van der Waals surface area contributed by atoms with E-state index in [2.05, 4.69) is 50.6 Å². The number of nitrogens with zero attached hydrogens (tertiary/aromatic N) is 6. The Morgan fingerprint density at radius 3 is 2.94 bits per heavy atom. The van der Waals surface area contributed by atoms with Gasteiger partial charge in [0, 0.05) is 18.0 Å². The Morgan fingerprint density at radius 2 is 2.19 bits per heavy atom. The van der Waals surface area contributed by atoms with E-state index >= 15 is 0 Å². The molecule has 5 rings (SSSR count). The number of rotatable bonds is 5. The summed E-state index contributed by atoms with van der Waals surface area (Å²) in [7, 11) is 0. The first-order valence-electron chi connectivity index (χ1n) is 10.3. The van der Waals surface area contributed by atoms with Crippen LogP contribution in [-0.2, 0) is 11.3 Å². The molecule has 0 radical (unpaired) electrons. The third-order valence-electron chi connectivity index (χ3n) is 5.51. The molecule has 0 bridgehead atoms. The Morgan fingerprint density at radius 1 is 1.34 bits per heavy atom. The lowest BCUT2D eigenvalue weighted by Crippen LogP contribution is -2.42. The summed E-state index contributed by atoms with van der Waals surface area (Å²) in [5.41, 5.74) is 4.15. The molecule has 0 spiro atoms. The second kappa shape index (κ2) is 7.59. The zero-order chi connectivity index (χ0) is 22.5. The van der Waals surface area contributed by atoms with Crippen LogP contribution in [0, 0.1) is 12.3 Å². The Bertz CT molecular complexity index is 1270. The molecule has 10 nitrogen and oxygen atoms in total. The fraction of sp³-hybridized carbons (Fsp3) is 0.381. The van der Waals surface area contributed by atoms with Crippen LogP contribution in [0.25, 0.3) is 16.9 Å². The SMILES string of the molecule is Cc1cn2c(-c3cn[nH]c3)cnc2c(Nc2cc(CN3C(=O)OC[C@H]3C(C)(C)C)ns2)n1. The van der Waals surface area contributed by atoms with Crippen molar-refractivity contribution in [2.75, 3.05) is 11.9 Å². The van der Waals surface area contributed by atoms with Gasteiger partial charge in [-0.15, -0.1) is 0 Å². The lowest BCUT2D eigenvalue weighted by atomic mass is 9.86. The van der Waals surface area contributed by atoms with Crippen molar-refractivity contribution in [3.63, 3.8) is 0 Å². The molecule has 1 aliphatic heterocycles. The summed E-state index contributed by atoms with van der Waals surface area (Å²) in [6.07, 6.45) is 7.04. The van der Waals surface area contributed by atoms with Crippen LogP contribution >= 0.6 is 11.5 Å². The van der Waals surface area contributed by atoms with E-state index in [1.54, 1.807) is 17.3 Å². The molecule has 1 atom stereocenters. The number of aryl methyl sites for hydroxylation is 1. The second-order valence-corrected chi connectivity index (χ2v) is 9.75. The average Bonchev–Trinajstić information content (AvgIpc) is 3.49. The van der Waals surface area contributed by atoms with Gasteiger partial charge in [-0.25, -0.2) is 14.8 Å². The molecular formula is C21H24N8O2S. The molecule has 5 heterocycles. The van der Waals surface area contributed by atoms with Crippen molar-refractivity contribution in [1.29, 1.82) is 0 Å². The first-order chi connectivity index (χ1) is 15.3. The highest BCUT2D eigenvalue weighted by molar-refractivity contribution is 7.10. The first-order valence-corrected chi connectivity index (χ1v) is 11.1. The number of cyclic esters (lactones) is 1. The van der Waals surface area contributed by atoms with Crippen molar-refractivity contribution in [1.82, 2.24) is 33.8 Å². The third-order valence-corrected chi connectivity index (χ3v) is 6.26. The number of nitrogens with one attached hydrogen (secondary N) is 2. The predicted octanol–water partition coefficient (Wildman–Crippen LogP) is 3.99. The molecule has 4 aromatic rings. The molecule has 0 aliphatic carbocycles. The van der Waals surface area contributed by atoms with Gasteiger partial charge >= 0.3 is 6.09 Å². The highest BCUT2D eigenvalue weighted by Crippen LogP contribution is 2.32. The molecule has 0 unspecified atom stereocenters. The number of amides is 1. The van der Waals surface area contributed by atoms with Crippen molar-refractivity contribution in [2.24, 2.45) is 5.41 Å². The van der Waals surface area contributed by atoms with Gasteiger partial charge in [0.15, 0.2) is 11.5 Å². The minimum Gasteiger partial charge on any atom is -0.447 e. The van der Waals surface area contributed by atoms with E-state index in [4.69, 9.17) is 4.74 Å². The van der Waals surface area contributed by atoms with Gasteiger partial charge in [0.05, 0.1) is 42.1 Å². The summed E-state index contributed by atoms with van der Waals surface area (Å²) in [5.74, 6) is 0.642. The number of fused-ring (bicyclic) bond motifs is 1. The van der Waals surface area contributed by atoms with Crippen molar-refractivity contribution < 1.29 is 9.53 Å². The Labute approximate surface area is 188 Å². The maximum Gasteiger partial charge on any atom is 0.410 e. The topological polar surface area (TPSA) is 113 Å². The summed E-state index contributed by atoms with van der Waals surface area (Å²) in [5, 5.41) is 11.0. The average molecular weight is 453 g/mol. The summed E-state index contributed by atoms with van der Waals surface area (Å²) < 4.78 is 11.8. The normalized spacial score (nSPS) is 16.7. The monoisotopic (exact) mass is 452 g/mol. The minimum absolute atomic E-state index is 0.0115.